The summed E-state index contributed by atoms with van der Waals surface area (Å²) in [5.74, 6) is 0.00778. The minimum absolute atomic E-state index is 0.236. The molecule has 1 heterocycles. The molecule has 1 rings (SSSR count). The Labute approximate surface area is 93.3 Å². The average Bonchev–Trinajstić information content (AvgIpc) is 2.59. The fraction of sp³-hybridized carbons (Fsp3) is 0.444. The maximum Gasteiger partial charge on any atom is 0.291 e. The third kappa shape index (κ3) is 2.76. The van der Waals surface area contributed by atoms with Crippen LogP contribution in [0.2, 0.25) is 0 Å². The van der Waals surface area contributed by atoms with Gasteiger partial charge < -0.3 is 15.1 Å². The van der Waals surface area contributed by atoms with Crippen molar-refractivity contribution in [1.29, 1.82) is 0 Å². The molecule has 0 spiro atoms. The van der Waals surface area contributed by atoms with E-state index >= 15 is 0 Å². The van der Waals surface area contributed by atoms with Crippen molar-refractivity contribution in [3.63, 3.8) is 0 Å². The largest absolute Gasteiger partial charge is 0.438 e. The summed E-state index contributed by atoms with van der Waals surface area (Å²) >= 11 is 4.76. The number of amides is 1. The van der Waals surface area contributed by atoms with Crippen LogP contribution in [0.1, 0.15) is 23.2 Å². The summed E-state index contributed by atoms with van der Waals surface area (Å²) in [5.41, 5.74) is 5.96. The van der Waals surface area contributed by atoms with Crippen molar-refractivity contribution in [2.24, 2.45) is 5.73 Å². The molecule has 0 radical (unpaired) electrons. The van der Waals surface area contributed by atoms with Crippen molar-refractivity contribution in [2.75, 3.05) is 13.1 Å². The minimum atomic E-state index is -0.236. The normalized spacial score (nSPS) is 10.0. The molecule has 15 heavy (non-hydrogen) atoms. The van der Waals surface area contributed by atoms with Gasteiger partial charge in [0.1, 0.15) is 0 Å². The lowest BCUT2D eigenvalue weighted by Gasteiger charge is -2.18. The van der Waals surface area contributed by atoms with Crippen LogP contribution in [-0.2, 0) is 0 Å². The van der Waals surface area contributed by atoms with Crippen molar-refractivity contribution in [1.82, 2.24) is 9.88 Å². The zero-order valence-electron chi connectivity index (χ0n) is 8.69. The lowest BCUT2D eigenvalue weighted by Crippen LogP contribution is -2.37. The minimum Gasteiger partial charge on any atom is -0.438 e. The fourth-order valence-electron chi connectivity index (χ4n) is 1.17. The molecule has 1 aromatic rings. The first-order valence-corrected chi connectivity index (χ1v) is 4.94. The van der Waals surface area contributed by atoms with E-state index in [-0.39, 0.29) is 23.2 Å². The second-order valence-electron chi connectivity index (χ2n) is 3.05. The number of carbonyl (C=O) groups excluding carboxylic acids is 1. The quantitative estimate of drug-likeness (QED) is 0.768. The number of hydrogen-bond donors (Lipinski definition) is 1. The third-order valence-electron chi connectivity index (χ3n) is 1.96. The van der Waals surface area contributed by atoms with Gasteiger partial charge in [-0.1, -0.05) is 12.2 Å². The van der Waals surface area contributed by atoms with E-state index in [9.17, 15) is 4.79 Å². The lowest BCUT2D eigenvalue weighted by molar-refractivity contribution is 0.0755. The number of likely N-dealkylation sites (N-methyl/N-ethyl adjacent to an activating group) is 1. The van der Waals surface area contributed by atoms with Gasteiger partial charge in [-0.3, -0.25) is 4.79 Å². The molecular formula is C9H13N3O2S. The highest BCUT2D eigenvalue weighted by Gasteiger charge is 2.20. The molecule has 1 aromatic heterocycles. The molecule has 82 valence electrons. The molecule has 6 heteroatoms. The first-order valence-electron chi connectivity index (χ1n) is 4.54. The average molecular weight is 227 g/mol. The van der Waals surface area contributed by atoms with E-state index in [1.165, 1.54) is 11.3 Å². The standard InChI is InChI=1S/C9H13N3O2S/c1-3-12(4-7(10)15)9(13)8-6(2)11-5-14-8/h5H,3-4H2,1-2H3,(H2,10,15). The molecule has 0 fully saturated rings. The number of thiocarbonyl (C=S) groups is 1. The van der Waals surface area contributed by atoms with Gasteiger partial charge in [-0.15, -0.1) is 0 Å². The zero-order valence-corrected chi connectivity index (χ0v) is 9.50. The van der Waals surface area contributed by atoms with Gasteiger partial charge in [0, 0.05) is 6.54 Å². The number of aromatic nitrogens is 1. The molecule has 1 amide bonds. The summed E-state index contributed by atoms with van der Waals surface area (Å²) in [6.07, 6.45) is 1.25. The molecule has 0 aliphatic carbocycles. The fourth-order valence-corrected chi connectivity index (χ4v) is 1.32. The van der Waals surface area contributed by atoms with Crippen LogP contribution in [0.4, 0.5) is 0 Å². The summed E-state index contributed by atoms with van der Waals surface area (Å²) in [6.45, 7) is 4.34. The molecule has 0 saturated carbocycles. The van der Waals surface area contributed by atoms with E-state index in [0.29, 0.717) is 12.2 Å². The van der Waals surface area contributed by atoms with Gasteiger partial charge >= 0.3 is 0 Å². The highest BCUT2D eigenvalue weighted by Crippen LogP contribution is 2.08. The molecule has 2 N–H and O–H groups in total. The Morgan fingerprint density at radius 1 is 1.73 bits per heavy atom. The Morgan fingerprint density at radius 2 is 2.40 bits per heavy atom. The summed E-state index contributed by atoms with van der Waals surface area (Å²) in [4.78, 5) is 17.5. The van der Waals surface area contributed by atoms with Crippen LogP contribution in [-0.4, -0.2) is 33.9 Å². The predicted molar refractivity (Wildman–Crippen MR) is 59.6 cm³/mol. The smallest absolute Gasteiger partial charge is 0.291 e. The van der Waals surface area contributed by atoms with Crippen molar-refractivity contribution < 1.29 is 9.21 Å². The maximum absolute atomic E-state index is 11.9. The number of carbonyl (C=O) groups is 1. The van der Waals surface area contributed by atoms with Crippen LogP contribution in [0.5, 0.6) is 0 Å². The van der Waals surface area contributed by atoms with E-state index in [2.05, 4.69) is 4.98 Å². The van der Waals surface area contributed by atoms with Crippen molar-refractivity contribution in [3.05, 3.63) is 17.8 Å². The van der Waals surface area contributed by atoms with Crippen LogP contribution < -0.4 is 5.73 Å². The Balaban J connectivity index is 2.82. The van der Waals surface area contributed by atoms with Gasteiger partial charge in [0.15, 0.2) is 6.39 Å². The third-order valence-corrected chi connectivity index (χ3v) is 2.08. The number of rotatable bonds is 4. The number of nitrogens with zero attached hydrogens (tertiary/aromatic N) is 2. The first kappa shape index (κ1) is 11.6. The van der Waals surface area contributed by atoms with Crippen molar-refractivity contribution in [3.8, 4) is 0 Å². The van der Waals surface area contributed by atoms with E-state index in [4.69, 9.17) is 22.4 Å². The number of oxazole rings is 1. The number of aryl methyl sites for hydroxylation is 1. The molecule has 0 saturated heterocycles. The van der Waals surface area contributed by atoms with E-state index in [0.717, 1.165) is 0 Å². The van der Waals surface area contributed by atoms with Crippen LogP contribution >= 0.6 is 12.2 Å². The van der Waals surface area contributed by atoms with Gasteiger partial charge in [0.2, 0.25) is 5.76 Å². The highest BCUT2D eigenvalue weighted by atomic mass is 32.1. The van der Waals surface area contributed by atoms with Gasteiger partial charge in [0.25, 0.3) is 5.91 Å². The maximum atomic E-state index is 11.9. The topological polar surface area (TPSA) is 72.4 Å². The summed E-state index contributed by atoms with van der Waals surface area (Å²) in [6, 6.07) is 0. The predicted octanol–water partition coefficient (Wildman–Crippen LogP) is 0.731. The Morgan fingerprint density at radius 3 is 2.80 bits per heavy atom. The van der Waals surface area contributed by atoms with Crippen LogP contribution in [0.25, 0.3) is 0 Å². The van der Waals surface area contributed by atoms with E-state index in [1.807, 2.05) is 6.92 Å². The van der Waals surface area contributed by atoms with Gasteiger partial charge in [0.05, 0.1) is 17.2 Å². The second-order valence-corrected chi connectivity index (χ2v) is 3.58. The molecular weight excluding hydrogens is 214 g/mol. The molecule has 0 atom stereocenters. The Hall–Kier alpha value is -1.43. The lowest BCUT2D eigenvalue weighted by atomic mass is 10.3. The molecule has 0 bridgehead atoms. The second kappa shape index (κ2) is 4.88. The summed E-state index contributed by atoms with van der Waals surface area (Å²) in [7, 11) is 0. The zero-order chi connectivity index (χ0) is 11.4. The Kier molecular flexibility index (Phi) is 3.79. The van der Waals surface area contributed by atoms with E-state index in [1.54, 1.807) is 6.92 Å². The monoisotopic (exact) mass is 227 g/mol. The molecule has 0 aliphatic rings. The number of nitrogens with two attached hydrogens (primary N) is 1. The van der Waals surface area contributed by atoms with Gasteiger partial charge in [-0.25, -0.2) is 4.98 Å². The van der Waals surface area contributed by atoms with Crippen molar-refractivity contribution >= 4 is 23.1 Å². The molecule has 0 unspecified atom stereocenters. The summed E-state index contributed by atoms with van der Waals surface area (Å²) < 4.78 is 5.00. The molecule has 5 nitrogen and oxygen atoms in total. The van der Waals surface area contributed by atoms with Crippen LogP contribution in [0.15, 0.2) is 10.8 Å². The van der Waals surface area contributed by atoms with Crippen LogP contribution in [0, 0.1) is 6.92 Å². The number of hydrogen-bond acceptors (Lipinski definition) is 4. The van der Waals surface area contributed by atoms with Gasteiger partial charge in [-0.05, 0) is 13.8 Å². The van der Waals surface area contributed by atoms with Crippen LogP contribution in [0.3, 0.4) is 0 Å². The summed E-state index contributed by atoms with van der Waals surface area (Å²) in [5, 5.41) is 0. The van der Waals surface area contributed by atoms with Crippen molar-refractivity contribution in [2.45, 2.75) is 13.8 Å². The first-order chi connectivity index (χ1) is 7.06. The highest BCUT2D eigenvalue weighted by molar-refractivity contribution is 7.80. The Bertz CT molecular complexity index is 375. The molecule has 0 aliphatic heterocycles. The van der Waals surface area contributed by atoms with Gasteiger partial charge in [-0.2, -0.15) is 0 Å². The SMILES string of the molecule is CCN(CC(N)=S)C(=O)c1ocnc1C. The molecule has 0 aromatic carbocycles. The van der Waals surface area contributed by atoms with E-state index < -0.39 is 0 Å².